The second-order valence-electron chi connectivity index (χ2n) is 22.1. The number of amides is 9. The number of carbonyl (C=O) groups excluding carboxylic acids is 9. The van der Waals surface area contributed by atoms with E-state index >= 15 is 0 Å². The first-order chi connectivity index (χ1) is 40.0. The smallest absolute Gasteiger partial charge is 0.414 e. The quantitative estimate of drug-likeness (QED) is 0.0343. The van der Waals surface area contributed by atoms with Crippen LogP contribution < -0.4 is 48.3 Å². The monoisotopic (exact) mass is 1220 g/mol. The highest BCUT2D eigenvalue weighted by atomic mass is 32.2. The number of nitrogens with two attached hydrogens (primary N) is 1. The zero-order valence-corrected chi connectivity index (χ0v) is 50.3. The van der Waals surface area contributed by atoms with E-state index in [0.29, 0.717) is 33.3 Å². The molecule has 27 heteroatoms. The van der Waals surface area contributed by atoms with Gasteiger partial charge in [0.15, 0.2) is 0 Å². The number of hydrogen-bond acceptors (Lipinski definition) is 16. The molecule has 1 unspecified atom stereocenters. The fraction of sp³-hybridized carbons (Fsp3) is 0.466. The highest BCUT2D eigenvalue weighted by Gasteiger charge is 2.41. The van der Waals surface area contributed by atoms with Gasteiger partial charge in [0.1, 0.15) is 47.6 Å². The van der Waals surface area contributed by atoms with Crippen LogP contribution in [-0.4, -0.2) is 164 Å². The number of aromatic amines is 1. The van der Waals surface area contributed by atoms with Crippen LogP contribution >= 0.6 is 23.5 Å². The number of H-pyrrole nitrogens is 1. The van der Waals surface area contributed by atoms with Gasteiger partial charge in [0.2, 0.25) is 41.4 Å². The molecule has 0 fully saturated rings. The molecule has 0 saturated heterocycles. The summed E-state index contributed by atoms with van der Waals surface area (Å²) < 4.78 is 5.21. The third kappa shape index (κ3) is 23.1. The Morgan fingerprint density at radius 1 is 0.576 bits per heavy atom. The molecule has 25 nitrogen and oxygen atoms in total. The number of aromatic hydroxyl groups is 1. The van der Waals surface area contributed by atoms with Gasteiger partial charge in [-0.05, 0) is 97.9 Å². The highest BCUT2D eigenvalue weighted by molar-refractivity contribution is 7.98. The minimum Gasteiger partial charge on any atom is -0.508 e. The predicted octanol–water partition coefficient (Wildman–Crippen LogP) is 2.03. The molecule has 1 heterocycles. The number of nitrogens with one attached hydrogen (secondary N) is 9. The number of hydrogen-bond donors (Lipinski definition) is 13. The average molecular weight is 1220 g/mol. The normalized spacial score (nSPS) is 14.3. The lowest BCUT2D eigenvalue weighted by Gasteiger charge is -2.32. The van der Waals surface area contributed by atoms with E-state index in [2.05, 4.69) is 47.5 Å². The molecule has 0 radical (unpaired) electrons. The van der Waals surface area contributed by atoms with Crippen LogP contribution in [0.3, 0.4) is 0 Å². The highest BCUT2D eigenvalue weighted by Crippen LogP contribution is 2.29. The lowest BCUT2D eigenvalue weighted by Crippen LogP contribution is -2.60. The topological polar surface area (TPSA) is 396 Å². The fourth-order valence-corrected chi connectivity index (χ4v) is 9.80. The van der Waals surface area contributed by atoms with Crippen LogP contribution in [0.2, 0.25) is 0 Å². The molecule has 4 aromatic rings. The zero-order valence-electron chi connectivity index (χ0n) is 48.7. The Hall–Kier alpha value is -8.17. The van der Waals surface area contributed by atoms with Crippen LogP contribution in [0.1, 0.15) is 77.5 Å². The third-order valence-corrected chi connectivity index (χ3v) is 14.4. The van der Waals surface area contributed by atoms with Gasteiger partial charge in [0.25, 0.3) is 5.91 Å². The third-order valence-electron chi connectivity index (χ3n) is 13.1. The number of imide groups is 1. The first kappa shape index (κ1) is 69.3. The van der Waals surface area contributed by atoms with Crippen LogP contribution in [0.5, 0.6) is 5.75 Å². The maximum atomic E-state index is 14.5. The number of thioether (sulfide) groups is 2. The Labute approximate surface area is 501 Å². The fourth-order valence-electron chi connectivity index (χ4n) is 8.86. The van der Waals surface area contributed by atoms with Crippen molar-refractivity contribution in [2.45, 2.75) is 128 Å². The number of carboxylic acid groups (broad SMARTS) is 2. The molecular formula is C58H78N10O15S2. The second-order valence-corrected chi connectivity index (χ2v) is 24.1. The van der Waals surface area contributed by atoms with Crippen LogP contribution in [0.25, 0.3) is 10.9 Å². The number of fused-ring (bicyclic) bond motifs is 1. The molecule has 4 rings (SSSR count). The summed E-state index contributed by atoms with van der Waals surface area (Å²) >= 11 is 2.65. The molecule has 0 spiro atoms. The van der Waals surface area contributed by atoms with E-state index < -0.39 is 137 Å². The minimum atomic E-state index is -1.83. The molecule has 1 aromatic heterocycles. The van der Waals surface area contributed by atoms with Crippen LogP contribution in [0.15, 0.2) is 85.1 Å². The van der Waals surface area contributed by atoms with Gasteiger partial charge < -0.3 is 68.0 Å². The van der Waals surface area contributed by atoms with Gasteiger partial charge >= 0.3 is 18.0 Å². The number of aliphatic carboxylic acids is 2. The Morgan fingerprint density at radius 2 is 1.06 bits per heavy atom. The number of rotatable bonds is 31. The van der Waals surface area contributed by atoms with Gasteiger partial charge in [-0.2, -0.15) is 23.5 Å². The largest absolute Gasteiger partial charge is 0.508 e. The van der Waals surface area contributed by atoms with Crippen molar-refractivity contribution in [1.82, 2.24) is 47.5 Å². The molecule has 9 amide bonds. The number of alkyl carbamates (subject to hydrolysis) is 1. The molecule has 0 bridgehead atoms. The van der Waals surface area contributed by atoms with Crippen LogP contribution in [0, 0.1) is 11.3 Å². The van der Waals surface area contributed by atoms with Crippen LogP contribution in [-0.2, 0) is 71.9 Å². The molecular weight excluding hydrogens is 1140 g/mol. The van der Waals surface area contributed by atoms with Crippen molar-refractivity contribution in [1.29, 1.82) is 0 Å². The van der Waals surface area contributed by atoms with Crippen molar-refractivity contribution in [3.05, 3.63) is 102 Å². The number of phenols is 1. The summed E-state index contributed by atoms with van der Waals surface area (Å²) in [5.41, 5.74) is 6.54. The number of ether oxygens (including phenoxy) is 1. The lowest BCUT2D eigenvalue weighted by atomic mass is 9.76. The van der Waals surface area contributed by atoms with E-state index in [1.54, 1.807) is 115 Å². The Bertz CT molecular complexity index is 2990. The van der Waals surface area contributed by atoms with Gasteiger partial charge in [-0.3, -0.25) is 53.3 Å². The minimum absolute atomic E-state index is 0.0304. The van der Waals surface area contributed by atoms with E-state index in [4.69, 9.17) is 10.5 Å². The first-order valence-corrected chi connectivity index (χ1v) is 30.0. The van der Waals surface area contributed by atoms with Gasteiger partial charge in [-0.25, -0.2) is 4.79 Å². The van der Waals surface area contributed by atoms with Crippen molar-refractivity contribution >= 4 is 99.7 Å². The Morgan fingerprint density at radius 3 is 1.61 bits per heavy atom. The molecule has 462 valence electrons. The number of benzene rings is 3. The molecule has 0 aliphatic heterocycles. The summed E-state index contributed by atoms with van der Waals surface area (Å²) in [5, 5.41) is 50.4. The van der Waals surface area contributed by atoms with Crippen molar-refractivity contribution < 1.29 is 72.8 Å². The second kappa shape index (κ2) is 32.8. The number of carbonyl (C=O) groups is 11. The Balaban J connectivity index is 1.57. The molecule has 8 atom stereocenters. The van der Waals surface area contributed by atoms with Crippen molar-refractivity contribution in [2.24, 2.45) is 17.1 Å². The maximum Gasteiger partial charge on any atom is 0.414 e. The SMILES string of the molecule is CSCC[C@H](NC(=O)[C@H](Cc1ccc(O)cc1)NC(=O)[C@@H](N)C(C(=O)O)C(C)(C)C)C(=O)NCC(=O)N[C@@H](Cc1c[nH]c2ccccc12)C(=O)N[C@@H](CCSC)C(=O)N[C@@H](CC(=O)O)C(=O)N[C@@H](Cc1ccccc1)C(=O)NC(=O)OC(C)(C)C. The summed E-state index contributed by atoms with van der Waals surface area (Å²) in [6, 6.07) is 10.7. The number of phenolic OH excluding ortho intramolecular Hbond substituents is 1. The van der Waals surface area contributed by atoms with Crippen molar-refractivity contribution in [3.8, 4) is 5.75 Å². The zero-order chi connectivity index (χ0) is 63.2. The molecule has 0 saturated carbocycles. The van der Waals surface area contributed by atoms with Gasteiger partial charge in [-0.15, -0.1) is 0 Å². The molecule has 0 aliphatic rings. The first-order valence-electron chi connectivity index (χ1n) is 27.2. The summed E-state index contributed by atoms with van der Waals surface area (Å²) in [6.07, 6.45) is 2.50. The Kier molecular flexibility index (Phi) is 26.7. The maximum absolute atomic E-state index is 14.5. The lowest BCUT2D eigenvalue weighted by molar-refractivity contribution is -0.149. The standard InChI is InChI=1S/C58H78N10O15S2/c1-57(2,3)46(55(80)81)47(59)54(79)67-40(27-33-18-20-35(69)21-19-33)50(75)63-38(22-24-84-7)48(73)61-31-44(70)62-42(28-34-30-60-37-17-13-12-16-36(34)37)51(76)64-39(23-25-85-8)49(74)66-43(29-45(71)72)52(77)65-41(26-32-14-10-9-11-15-32)53(78)68-56(82)83-58(4,5)6/h9-21,30,38-43,46-47,60,69H,22-29,31,59H2,1-8H3,(H,61,73)(H,62,70)(H,63,75)(H,64,76)(H,65,77)(H,66,74)(H,67,79)(H,71,72)(H,80,81)(H,68,78,82)/t38-,39-,40-,41-,42-,43-,46?,47-/m0/s1. The molecule has 0 aliphatic carbocycles. The van der Waals surface area contributed by atoms with E-state index in [0.717, 1.165) is 0 Å². The van der Waals surface area contributed by atoms with Crippen molar-refractivity contribution in [2.75, 3.05) is 30.6 Å². The van der Waals surface area contributed by atoms with Crippen LogP contribution in [0.4, 0.5) is 4.79 Å². The number of carboxylic acids is 2. The molecule has 14 N–H and O–H groups in total. The van der Waals surface area contributed by atoms with E-state index in [9.17, 15) is 68.1 Å². The number of aromatic nitrogens is 1. The van der Waals surface area contributed by atoms with E-state index in [-0.39, 0.29) is 43.6 Å². The van der Waals surface area contributed by atoms with Crippen molar-refractivity contribution in [3.63, 3.8) is 0 Å². The predicted molar refractivity (Wildman–Crippen MR) is 320 cm³/mol. The summed E-state index contributed by atoms with van der Waals surface area (Å²) in [6.45, 7) is 8.79. The van der Waals surface area contributed by atoms with Gasteiger partial charge in [0.05, 0.1) is 24.9 Å². The van der Waals surface area contributed by atoms with Gasteiger partial charge in [-0.1, -0.05) is 81.4 Å². The summed E-state index contributed by atoms with van der Waals surface area (Å²) in [5.74, 6) is -11.2. The van der Waals surface area contributed by atoms with E-state index in [1.165, 1.54) is 47.8 Å². The molecule has 85 heavy (non-hydrogen) atoms. The van der Waals surface area contributed by atoms with E-state index in [1.807, 2.05) is 0 Å². The molecule has 3 aromatic carbocycles. The summed E-state index contributed by atoms with van der Waals surface area (Å²) in [4.78, 5) is 152. The summed E-state index contributed by atoms with van der Waals surface area (Å²) in [7, 11) is 0. The number of para-hydroxylation sites is 1. The van der Waals surface area contributed by atoms with Gasteiger partial charge in [0, 0.05) is 36.4 Å². The average Bonchev–Trinajstić information content (AvgIpc) is 3.46.